The third kappa shape index (κ3) is 5.39. The Morgan fingerprint density at radius 1 is 1.00 bits per heavy atom. The molecule has 3 aromatic rings. The van der Waals surface area contributed by atoms with Crippen LogP contribution in [-0.2, 0) is 16.1 Å². The number of hydrogen-bond acceptors (Lipinski definition) is 3. The van der Waals surface area contributed by atoms with E-state index in [0.717, 1.165) is 49.0 Å². The van der Waals surface area contributed by atoms with Gasteiger partial charge in [-0.2, -0.15) is 5.10 Å². The summed E-state index contributed by atoms with van der Waals surface area (Å²) in [7, 11) is 0. The highest BCUT2D eigenvalue weighted by molar-refractivity contribution is 5.80. The fraction of sp³-hybridized carbons (Fsp3) is 0.360. The fourth-order valence-corrected chi connectivity index (χ4v) is 4.36. The molecule has 0 radical (unpaired) electrons. The molecule has 5 nitrogen and oxygen atoms in total. The predicted octanol–water partition coefficient (Wildman–Crippen LogP) is 5.26. The van der Waals surface area contributed by atoms with Crippen molar-refractivity contribution >= 4 is 5.97 Å². The lowest BCUT2D eigenvalue weighted by atomic mass is 9.82. The molecule has 1 fully saturated rings. The van der Waals surface area contributed by atoms with Gasteiger partial charge < -0.3 is 9.84 Å². The quantitative estimate of drug-likeness (QED) is 0.538. The van der Waals surface area contributed by atoms with Gasteiger partial charge in [-0.3, -0.25) is 4.68 Å². The number of carbonyl (C=O) groups is 1. The normalized spacial score (nSPS) is 18.7. The Hall–Kier alpha value is -2.99. The standard InChI is InChI=1S/C25H27FN2O3/c26-23-9-5-4-8-21(23)22-15-28(27-25(22)20-6-2-1-3-7-20)14-18-10-12-19(13-11-18)16-31-17-24(29)30/h1-9,15,18-19H,10-14,16-17H2,(H,29,30). The van der Waals surface area contributed by atoms with E-state index in [1.807, 2.05) is 47.3 Å². The number of aromatic nitrogens is 2. The molecule has 0 aliphatic heterocycles. The van der Waals surface area contributed by atoms with E-state index in [-0.39, 0.29) is 12.4 Å². The van der Waals surface area contributed by atoms with Crippen LogP contribution in [-0.4, -0.2) is 34.1 Å². The van der Waals surface area contributed by atoms with E-state index in [1.165, 1.54) is 6.07 Å². The minimum Gasteiger partial charge on any atom is -0.480 e. The molecule has 31 heavy (non-hydrogen) atoms. The number of rotatable bonds is 8. The van der Waals surface area contributed by atoms with Crippen LogP contribution in [0.15, 0.2) is 60.8 Å². The maximum atomic E-state index is 14.5. The second kappa shape index (κ2) is 9.88. The lowest BCUT2D eigenvalue weighted by Crippen LogP contribution is -2.23. The second-order valence-electron chi connectivity index (χ2n) is 8.25. The van der Waals surface area contributed by atoms with Gasteiger partial charge in [0.2, 0.25) is 0 Å². The summed E-state index contributed by atoms with van der Waals surface area (Å²) in [6, 6.07) is 16.7. The van der Waals surface area contributed by atoms with Crippen molar-refractivity contribution in [3.05, 3.63) is 66.6 Å². The van der Waals surface area contributed by atoms with Gasteiger partial charge in [0, 0.05) is 29.4 Å². The molecule has 162 valence electrons. The number of aliphatic carboxylic acids is 1. The highest BCUT2D eigenvalue weighted by Crippen LogP contribution is 2.34. The molecule has 4 rings (SSSR count). The minimum absolute atomic E-state index is 0.228. The number of hydrogen-bond donors (Lipinski definition) is 1. The zero-order valence-corrected chi connectivity index (χ0v) is 17.4. The van der Waals surface area contributed by atoms with Crippen molar-refractivity contribution in [2.75, 3.05) is 13.2 Å². The first-order valence-corrected chi connectivity index (χ1v) is 10.8. The summed E-state index contributed by atoms with van der Waals surface area (Å²) in [5.74, 6) is -0.261. The van der Waals surface area contributed by atoms with Gasteiger partial charge in [-0.15, -0.1) is 0 Å². The van der Waals surface area contributed by atoms with Crippen LogP contribution < -0.4 is 0 Å². The Balaban J connectivity index is 1.47. The lowest BCUT2D eigenvalue weighted by Gasteiger charge is -2.28. The predicted molar refractivity (Wildman–Crippen MR) is 117 cm³/mol. The van der Waals surface area contributed by atoms with E-state index in [4.69, 9.17) is 14.9 Å². The Morgan fingerprint density at radius 2 is 1.68 bits per heavy atom. The van der Waals surface area contributed by atoms with E-state index < -0.39 is 5.97 Å². The highest BCUT2D eigenvalue weighted by Gasteiger charge is 2.23. The molecule has 1 aromatic heterocycles. The molecule has 0 atom stereocenters. The van der Waals surface area contributed by atoms with Crippen LogP contribution in [0.25, 0.3) is 22.4 Å². The van der Waals surface area contributed by atoms with Crippen LogP contribution in [0.5, 0.6) is 0 Å². The summed E-state index contributed by atoms with van der Waals surface area (Å²) in [5.41, 5.74) is 3.13. The van der Waals surface area contributed by atoms with Crippen molar-refractivity contribution in [2.24, 2.45) is 11.8 Å². The van der Waals surface area contributed by atoms with Gasteiger partial charge in [-0.1, -0.05) is 48.5 Å². The molecular formula is C25H27FN2O3. The zero-order chi connectivity index (χ0) is 21.6. The van der Waals surface area contributed by atoms with Crippen LogP contribution in [0.1, 0.15) is 25.7 Å². The molecule has 6 heteroatoms. The van der Waals surface area contributed by atoms with Crippen LogP contribution in [0, 0.1) is 17.7 Å². The van der Waals surface area contributed by atoms with E-state index in [2.05, 4.69) is 0 Å². The average molecular weight is 423 g/mol. The molecule has 1 N–H and O–H groups in total. The number of carboxylic acid groups (broad SMARTS) is 1. The molecule has 0 unspecified atom stereocenters. The van der Waals surface area contributed by atoms with Crippen LogP contribution >= 0.6 is 0 Å². The summed E-state index contributed by atoms with van der Waals surface area (Å²) in [6.07, 6.45) is 6.12. The van der Waals surface area contributed by atoms with Crippen LogP contribution in [0.2, 0.25) is 0 Å². The van der Waals surface area contributed by atoms with Gasteiger partial charge >= 0.3 is 5.97 Å². The molecule has 1 heterocycles. The SMILES string of the molecule is O=C(O)COCC1CCC(Cn2cc(-c3ccccc3F)c(-c3ccccc3)n2)CC1. The number of nitrogens with zero attached hydrogens (tertiary/aromatic N) is 2. The number of halogens is 1. The minimum atomic E-state index is -0.924. The van der Waals surface area contributed by atoms with Gasteiger partial charge in [0.15, 0.2) is 0 Å². The molecular weight excluding hydrogens is 395 g/mol. The summed E-state index contributed by atoms with van der Waals surface area (Å²) in [5, 5.41) is 13.5. The maximum Gasteiger partial charge on any atom is 0.329 e. The molecule has 1 aliphatic rings. The third-order valence-electron chi connectivity index (χ3n) is 5.96. The van der Waals surface area contributed by atoms with Gasteiger partial charge in [-0.05, 0) is 43.6 Å². The van der Waals surface area contributed by atoms with E-state index >= 15 is 0 Å². The summed E-state index contributed by atoms with van der Waals surface area (Å²) >= 11 is 0. The highest BCUT2D eigenvalue weighted by atomic mass is 19.1. The first kappa shape index (κ1) is 21.2. The molecule has 2 aromatic carbocycles. The van der Waals surface area contributed by atoms with Crippen molar-refractivity contribution in [3.63, 3.8) is 0 Å². The fourth-order valence-electron chi connectivity index (χ4n) is 4.36. The van der Waals surface area contributed by atoms with Crippen molar-refractivity contribution < 1.29 is 19.0 Å². The zero-order valence-electron chi connectivity index (χ0n) is 17.4. The monoisotopic (exact) mass is 422 g/mol. The largest absolute Gasteiger partial charge is 0.480 e. The summed E-state index contributed by atoms with van der Waals surface area (Å²) in [6.45, 7) is 1.07. The van der Waals surface area contributed by atoms with Crippen molar-refractivity contribution in [3.8, 4) is 22.4 Å². The van der Waals surface area contributed by atoms with E-state index in [9.17, 15) is 9.18 Å². The van der Waals surface area contributed by atoms with Gasteiger partial charge in [-0.25, -0.2) is 9.18 Å². The molecule has 0 amide bonds. The molecule has 0 saturated heterocycles. The molecule has 0 bridgehead atoms. The lowest BCUT2D eigenvalue weighted by molar-refractivity contribution is -0.142. The molecule has 1 aliphatic carbocycles. The number of benzene rings is 2. The van der Waals surface area contributed by atoms with Crippen LogP contribution in [0.4, 0.5) is 4.39 Å². The van der Waals surface area contributed by atoms with Crippen LogP contribution in [0.3, 0.4) is 0 Å². The first-order chi connectivity index (χ1) is 15.1. The smallest absolute Gasteiger partial charge is 0.329 e. The second-order valence-corrected chi connectivity index (χ2v) is 8.25. The number of carboxylic acids is 1. The van der Waals surface area contributed by atoms with Gasteiger partial charge in [0.25, 0.3) is 0 Å². The maximum absolute atomic E-state index is 14.5. The Morgan fingerprint density at radius 3 is 2.39 bits per heavy atom. The van der Waals surface area contributed by atoms with Gasteiger partial charge in [0.05, 0.1) is 6.61 Å². The number of ether oxygens (including phenoxy) is 1. The molecule has 1 saturated carbocycles. The molecule has 0 spiro atoms. The van der Waals surface area contributed by atoms with Crippen molar-refractivity contribution in [1.82, 2.24) is 9.78 Å². The van der Waals surface area contributed by atoms with Crippen molar-refractivity contribution in [1.29, 1.82) is 0 Å². The van der Waals surface area contributed by atoms with E-state index in [0.29, 0.717) is 24.0 Å². The Bertz CT molecular complexity index is 1010. The Kier molecular flexibility index (Phi) is 6.77. The average Bonchev–Trinajstić information content (AvgIpc) is 3.19. The first-order valence-electron chi connectivity index (χ1n) is 10.8. The summed E-state index contributed by atoms with van der Waals surface area (Å²) in [4.78, 5) is 10.6. The third-order valence-corrected chi connectivity index (χ3v) is 5.96. The summed E-state index contributed by atoms with van der Waals surface area (Å²) < 4.78 is 21.8. The van der Waals surface area contributed by atoms with Gasteiger partial charge in [0.1, 0.15) is 18.1 Å². The topological polar surface area (TPSA) is 64.3 Å². The van der Waals surface area contributed by atoms with E-state index in [1.54, 1.807) is 12.1 Å². The Labute approximate surface area is 181 Å². The van der Waals surface area contributed by atoms with Crippen molar-refractivity contribution in [2.45, 2.75) is 32.2 Å².